The average molecular weight is 222 g/mol. The lowest BCUT2D eigenvalue weighted by atomic mass is 10.2. The van der Waals surface area contributed by atoms with Gasteiger partial charge in [-0.15, -0.1) is 0 Å². The molecule has 0 atom stereocenters. The maximum Gasteiger partial charge on any atom is 0.435 e. The maximum absolute atomic E-state index is 12.4. The second kappa shape index (κ2) is 3.54. The van der Waals surface area contributed by atoms with E-state index in [9.17, 15) is 18.0 Å². The van der Waals surface area contributed by atoms with E-state index >= 15 is 0 Å². The number of hydrazine groups is 1. The zero-order chi connectivity index (χ0) is 11.8. The summed E-state index contributed by atoms with van der Waals surface area (Å²) in [6.45, 7) is 0. The Kier molecular flexibility index (Phi) is 2.71. The van der Waals surface area contributed by atoms with Gasteiger partial charge in [0.1, 0.15) is 0 Å². The molecule has 0 aliphatic heterocycles. The summed E-state index contributed by atoms with van der Waals surface area (Å²) < 4.78 is 38.1. The van der Waals surface area contributed by atoms with Crippen LogP contribution in [-0.4, -0.2) is 27.7 Å². The van der Waals surface area contributed by atoms with Gasteiger partial charge in [-0.3, -0.25) is 14.5 Å². The summed E-state index contributed by atoms with van der Waals surface area (Å²) in [4.78, 5) is 11.3. The van der Waals surface area contributed by atoms with Crippen LogP contribution < -0.4 is 5.84 Å². The number of amides is 1. The van der Waals surface area contributed by atoms with E-state index in [1.54, 1.807) is 0 Å². The van der Waals surface area contributed by atoms with Crippen LogP contribution in [0.2, 0.25) is 0 Å². The van der Waals surface area contributed by atoms with E-state index in [0.717, 1.165) is 17.9 Å². The minimum Gasteiger partial charge on any atom is -0.280 e. The van der Waals surface area contributed by atoms with Crippen LogP contribution in [-0.2, 0) is 13.2 Å². The summed E-state index contributed by atoms with van der Waals surface area (Å²) >= 11 is 0. The van der Waals surface area contributed by atoms with E-state index in [4.69, 9.17) is 5.84 Å². The van der Waals surface area contributed by atoms with Gasteiger partial charge in [0.15, 0.2) is 5.69 Å². The molecule has 2 N–H and O–H groups in total. The highest BCUT2D eigenvalue weighted by atomic mass is 19.4. The highest BCUT2D eigenvalue weighted by Crippen LogP contribution is 2.30. The van der Waals surface area contributed by atoms with Gasteiger partial charge in [0.25, 0.3) is 5.91 Å². The van der Waals surface area contributed by atoms with Gasteiger partial charge >= 0.3 is 6.18 Å². The Morgan fingerprint density at radius 1 is 1.60 bits per heavy atom. The Hall–Kier alpha value is -1.57. The smallest absolute Gasteiger partial charge is 0.280 e. The van der Waals surface area contributed by atoms with Crippen LogP contribution in [0.15, 0.2) is 6.20 Å². The van der Waals surface area contributed by atoms with Gasteiger partial charge in [-0.05, 0) is 0 Å². The SMILES string of the molecule is CN(N)C(=O)c1cn(C)nc1C(F)(F)F. The van der Waals surface area contributed by atoms with Crippen molar-refractivity contribution in [3.05, 3.63) is 17.5 Å². The second-order valence-corrected chi connectivity index (χ2v) is 2.98. The summed E-state index contributed by atoms with van der Waals surface area (Å²) in [5, 5.41) is 3.75. The van der Waals surface area contributed by atoms with Gasteiger partial charge in [-0.25, -0.2) is 5.84 Å². The zero-order valence-corrected chi connectivity index (χ0v) is 8.04. The number of rotatable bonds is 1. The molecule has 1 aromatic rings. The molecule has 5 nitrogen and oxygen atoms in total. The Labute approximate surface area is 83.2 Å². The van der Waals surface area contributed by atoms with Crippen LogP contribution in [0.1, 0.15) is 16.1 Å². The predicted molar refractivity (Wildman–Crippen MR) is 44.5 cm³/mol. The molecule has 0 aliphatic carbocycles. The van der Waals surface area contributed by atoms with Crippen LogP contribution in [0, 0.1) is 0 Å². The number of hydrogen-bond acceptors (Lipinski definition) is 3. The molecule has 0 saturated carbocycles. The molecule has 1 heterocycles. The summed E-state index contributed by atoms with van der Waals surface area (Å²) in [5.74, 6) is 4.13. The van der Waals surface area contributed by atoms with Crippen molar-refractivity contribution in [3.8, 4) is 0 Å². The van der Waals surface area contributed by atoms with Crippen LogP contribution in [0.5, 0.6) is 0 Å². The molecule has 0 spiro atoms. The molecule has 0 radical (unpaired) electrons. The summed E-state index contributed by atoms with van der Waals surface area (Å²) in [6, 6.07) is 0. The minimum absolute atomic E-state index is 0.560. The summed E-state index contributed by atoms with van der Waals surface area (Å²) in [6.07, 6.45) is -3.68. The van der Waals surface area contributed by atoms with E-state index in [2.05, 4.69) is 5.10 Å². The molecule has 0 saturated heterocycles. The fourth-order valence-electron chi connectivity index (χ4n) is 1.04. The average Bonchev–Trinajstić information content (AvgIpc) is 2.44. The first-order valence-corrected chi connectivity index (χ1v) is 3.87. The lowest BCUT2D eigenvalue weighted by Gasteiger charge is -2.10. The Morgan fingerprint density at radius 3 is 2.53 bits per heavy atom. The molecular weight excluding hydrogens is 213 g/mol. The number of carbonyl (C=O) groups excluding carboxylic acids is 1. The number of aromatic nitrogens is 2. The van der Waals surface area contributed by atoms with Crippen molar-refractivity contribution >= 4 is 5.91 Å². The molecular formula is C7H9F3N4O. The number of nitrogens with two attached hydrogens (primary N) is 1. The number of nitrogens with zero attached hydrogens (tertiary/aromatic N) is 3. The molecule has 84 valence electrons. The van der Waals surface area contributed by atoms with Gasteiger partial charge in [-0.2, -0.15) is 18.3 Å². The molecule has 0 unspecified atom stereocenters. The van der Waals surface area contributed by atoms with Crippen LogP contribution in [0.25, 0.3) is 0 Å². The zero-order valence-electron chi connectivity index (χ0n) is 8.04. The number of hydrogen-bond donors (Lipinski definition) is 1. The number of aryl methyl sites for hydroxylation is 1. The lowest BCUT2D eigenvalue weighted by Crippen LogP contribution is -2.34. The third-order valence-electron chi connectivity index (χ3n) is 1.65. The van der Waals surface area contributed by atoms with E-state index in [-0.39, 0.29) is 0 Å². The van der Waals surface area contributed by atoms with Crippen LogP contribution in [0.3, 0.4) is 0 Å². The molecule has 8 heteroatoms. The van der Waals surface area contributed by atoms with Crippen molar-refractivity contribution in [3.63, 3.8) is 0 Å². The van der Waals surface area contributed by atoms with E-state index in [0.29, 0.717) is 5.01 Å². The Bertz CT molecular complexity index is 382. The van der Waals surface area contributed by atoms with Crippen molar-refractivity contribution in [1.82, 2.24) is 14.8 Å². The fraction of sp³-hybridized carbons (Fsp3) is 0.429. The van der Waals surface area contributed by atoms with Gasteiger partial charge in [0.05, 0.1) is 5.56 Å². The van der Waals surface area contributed by atoms with Crippen LogP contribution >= 0.6 is 0 Å². The second-order valence-electron chi connectivity index (χ2n) is 2.98. The third-order valence-corrected chi connectivity index (χ3v) is 1.65. The Balaban J connectivity index is 3.24. The molecule has 15 heavy (non-hydrogen) atoms. The number of alkyl halides is 3. The van der Waals surface area contributed by atoms with Gasteiger partial charge < -0.3 is 0 Å². The van der Waals surface area contributed by atoms with E-state index in [1.165, 1.54) is 7.05 Å². The maximum atomic E-state index is 12.4. The van der Waals surface area contributed by atoms with Crippen molar-refractivity contribution in [2.75, 3.05) is 7.05 Å². The van der Waals surface area contributed by atoms with Crippen molar-refractivity contribution < 1.29 is 18.0 Å². The summed E-state index contributed by atoms with van der Waals surface area (Å²) in [7, 11) is 2.46. The third kappa shape index (κ3) is 2.27. The topological polar surface area (TPSA) is 64.2 Å². The van der Waals surface area contributed by atoms with E-state index < -0.39 is 23.3 Å². The molecule has 0 bridgehead atoms. The molecule has 0 aliphatic rings. The first-order chi connectivity index (χ1) is 6.73. The van der Waals surface area contributed by atoms with Crippen molar-refractivity contribution in [2.24, 2.45) is 12.9 Å². The summed E-state index contributed by atoms with van der Waals surface area (Å²) in [5.41, 5.74) is -1.79. The van der Waals surface area contributed by atoms with Gasteiger partial charge in [-0.1, -0.05) is 0 Å². The normalized spacial score (nSPS) is 11.6. The largest absolute Gasteiger partial charge is 0.435 e. The fourth-order valence-corrected chi connectivity index (χ4v) is 1.04. The minimum atomic E-state index is -4.66. The standard InChI is InChI=1S/C7H9F3N4O/c1-13-3-4(6(15)14(2)11)5(12-13)7(8,9)10/h3H,11H2,1-2H3. The molecule has 1 rings (SSSR count). The van der Waals surface area contributed by atoms with Gasteiger partial charge in [0.2, 0.25) is 0 Å². The molecule has 0 aromatic carbocycles. The first kappa shape index (κ1) is 11.5. The monoisotopic (exact) mass is 222 g/mol. The number of halogens is 3. The first-order valence-electron chi connectivity index (χ1n) is 3.87. The molecule has 1 amide bonds. The molecule has 1 aromatic heterocycles. The molecule has 0 fully saturated rings. The number of carbonyl (C=O) groups is 1. The Morgan fingerprint density at radius 2 is 2.13 bits per heavy atom. The quantitative estimate of drug-likeness (QED) is 0.424. The van der Waals surface area contributed by atoms with Gasteiger partial charge in [0, 0.05) is 20.3 Å². The van der Waals surface area contributed by atoms with Crippen LogP contribution in [0.4, 0.5) is 13.2 Å². The van der Waals surface area contributed by atoms with Crippen molar-refractivity contribution in [1.29, 1.82) is 0 Å². The van der Waals surface area contributed by atoms with E-state index in [1.807, 2.05) is 0 Å². The predicted octanol–water partition coefficient (Wildman–Crippen LogP) is 0.385. The van der Waals surface area contributed by atoms with Crippen molar-refractivity contribution in [2.45, 2.75) is 6.18 Å². The lowest BCUT2D eigenvalue weighted by molar-refractivity contribution is -0.141. The highest BCUT2D eigenvalue weighted by Gasteiger charge is 2.39. The highest BCUT2D eigenvalue weighted by molar-refractivity contribution is 5.94.